The lowest BCUT2D eigenvalue weighted by Crippen LogP contribution is -1.58. The number of aromatic nitrogens is 1. The summed E-state index contributed by atoms with van der Waals surface area (Å²) in [5.74, 6) is 0. The fourth-order valence-corrected chi connectivity index (χ4v) is 0.313. The van der Waals surface area contributed by atoms with Gasteiger partial charge in [0.1, 0.15) is 0 Å². The normalized spacial score (nSPS) is 4.27. The fraction of sp³-hybridized carbons (Fsp3) is 0. The van der Waals surface area contributed by atoms with Crippen molar-refractivity contribution >= 4 is 17.0 Å². The monoisotopic (exact) mass is 271 g/mol. The molecule has 0 aromatic carbocycles. The Hall–Kier alpha value is -1.41. The summed E-state index contributed by atoms with van der Waals surface area (Å²) >= 11 is 0. The molecule has 1 aromatic heterocycles. The molecule has 0 aliphatic carbocycles. The number of rotatable bonds is 0. The average Bonchev–Trinajstić information content (AvgIpc) is 2.41. The lowest BCUT2D eigenvalue weighted by atomic mass is 10.5. The quantitative estimate of drug-likeness (QED) is 0.614. The first kappa shape index (κ1) is 29.2. The van der Waals surface area contributed by atoms with Crippen LogP contribution in [0.25, 0.3) is 0 Å². The van der Waals surface area contributed by atoms with Crippen molar-refractivity contribution in [2.75, 3.05) is 0 Å². The van der Waals surface area contributed by atoms with E-state index in [4.69, 9.17) is 0 Å². The van der Waals surface area contributed by atoms with E-state index in [2.05, 4.69) is 57.6 Å². The number of halogens is 1. The molecule has 0 spiro atoms. The molecule has 0 aliphatic rings. The van der Waals surface area contributed by atoms with Gasteiger partial charge in [-0.25, -0.2) is 0 Å². The molecule has 1 nitrogen and oxygen atoms in total. The van der Waals surface area contributed by atoms with Crippen molar-refractivity contribution in [2.45, 2.75) is 0 Å². The molecule has 15 heavy (non-hydrogen) atoms. The zero-order valence-electron chi connectivity index (χ0n) is 9.40. The second-order valence-corrected chi connectivity index (χ2v) is 1.02. The number of hydrogen-bond donors (Lipinski definition) is 0. The van der Waals surface area contributed by atoms with Crippen LogP contribution in [0.2, 0.25) is 0 Å². The van der Waals surface area contributed by atoms with E-state index in [1.165, 1.54) is 0 Å². The first-order chi connectivity index (χ1) is 7.00. The van der Waals surface area contributed by atoms with Crippen molar-refractivity contribution in [3.05, 3.63) is 83.2 Å². The molecule has 0 amide bonds. The molecular formula is C13H22BrN. The molecule has 0 fully saturated rings. The molecule has 0 bridgehead atoms. The Morgan fingerprint density at radius 1 is 0.533 bits per heavy atom. The largest absolute Gasteiger partial charge is 0.265 e. The van der Waals surface area contributed by atoms with Gasteiger partial charge in [0.15, 0.2) is 0 Å². The lowest BCUT2D eigenvalue weighted by Gasteiger charge is -1.70. The van der Waals surface area contributed by atoms with Crippen LogP contribution in [0.3, 0.4) is 0 Å². The van der Waals surface area contributed by atoms with Crippen LogP contribution in [0.4, 0.5) is 0 Å². The summed E-state index contributed by atoms with van der Waals surface area (Å²) in [6.07, 6.45) is 3.50. The van der Waals surface area contributed by atoms with Gasteiger partial charge in [-0.15, -0.1) is 69.6 Å². The van der Waals surface area contributed by atoms with Crippen molar-refractivity contribution < 1.29 is 0 Å². The van der Waals surface area contributed by atoms with E-state index in [-0.39, 0.29) is 17.0 Å². The van der Waals surface area contributed by atoms with Gasteiger partial charge in [-0.3, -0.25) is 4.98 Å². The van der Waals surface area contributed by atoms with Crippen molar-refractivity contribution in [2.24, 2.45) is 0 Å². The molecular weight excluding hydrogens is 250 g/mol. The lowest BCUT2D eigenvalue weighted by molar-refractivity contribution is 1.33. The Morgan fingerprint density at radius 3 is 0.867 bits per heavy atom. The molecule has 0 unspecified atom stereocenters. The molecule has 0 N–H and O–H groups in total. The Kier molecular flexibility index (Phi) is 156. The first-order valence-electron chi connectivity index (χ1n) is 3.85. The number of nitrogens with zero attached hydrogens (tertiary/aromatic N) is 1. The van der Waals surface area contributed by atoms with Crippen LogP contribution in [-0.2, 0) is 0 Å². The van der Waals surface area contributed by atoms with Gasteiger partial charge >= 0.3 is 0 Å². The van der Waals surface area contributed by atoms with Gasteiger partial charge in [-0.2, -0.15) is 0 Å². The summed E-state index contributed by atoms with van der Waals surface area (Å²) in [5.41, 5.74) is 0. The van der Waals surface area contributed by atoms with Crippen LogP contribution in [0, 0.1) is 0 Å². The van der Waals surface area contributed by atoms with E-state index >= 15 is 0 Å². The van der Waals surface area contributed by atoms with Gasteiger partial charge in [0.2, 0.25) is 0 Å². The molecule has 2 heteroatoms. The van der Waals surface area contributed by atoms with Crippen LogP contribution in [0.5, 0.6) is 0 Å². The summed E-state index contributed by atoms with van der Waals surface area (Å²) in [6.45, 7) is 24.0. The Morgan fingerprint density at radius 2 is 0.800 bits per heavy atom. The van der Waals surface area contributed by atoms with Crippen molar-refractivity contribution in [3.63, 3.8) is 0 Å². The fourth-order valence-electron chi connectivity index (χ4n) is 0.313. The molecule has 1 aromatic rings. The van der Waals surface area contributed by atoms with E-state index in [1.54, 1.807) is 12.4 Å². The second-order valence-electron chi connectivity index (χ2n) is 1.02. The van der Waals surface area contributed by atoms with Crippen molar-refractivity contribution in [3.8, 4) is 0 Å². The standard InChI is InChI=1S/C5H5N.4C2H4.BrH/c1-2-4-6-5-3-1;4*1-2;/h1-5H;4*1-2H2;1H. The SMILES string of the molecule is Br.C=C.C=C.C=C.C=C.c1ccncc1. The third kappa shape index (κ3) is 67.0. The van der Waals surface area contributed by atoms with E-state index in [0.29, 0.717) is 0 Å². The molecule has 0 saturated carbocycles. The van der Waals surface area contributed by atoms with Crippen LogP contribution >= 0.6 is 17.0 Å². The Balaban J connectivity index is -0.0000000325. The summed E-state index contributed by atoms with van der Waals surface area (Å²) in [4.78, 5) is 3.78. The zero-order valence-corrected chi connectivity index (χ0v) is 11.1. The predicted octanol–water partition coefficient (Wildman–Crippen LogP) is 4.87. The van der Waals surface area contributed by atoms with Crippen LogP contribution in [0.1, 0.15) is 0 Å². The van der Waals surface area contributed by atoms with Crippen molar-refractivity contribution in [1.29, 1.82) is 0 Å². The highest BCUT2D eigenvalue weighted by Crippen LogP contribution is 1.73. The maximum atomic E-state index is 3.78. The average molecular weight is 272 g/mol. The highest BCUT2D eigenvalue weighted by atomic mass is 79.9. The predicted molar refractivity (Wildman–Crippen MR) is 79.6 cm³/mol. The molecule has 0 radical (unpaired) electrons. The minimum Gasteiger partial charge on any atom is -0.265 e. The third-order valence-corrected chi connectivity index (χ3v) is 0.566. The summed E-state index contributed by atoms with van der Waals surface area (Å²) < 4.78 is 0. The molecule has 1 heterocycles. The van der Waals surface area contributed by atoms with Gasteiger partial charge < -0.3 is 0 Å². The molecule has 1 rings (SSSR count). The van der Waals surface area contributed by atoms with Gasteiger partial charge in [0.25, 0.3) is 0 Å². The maximum Gasteiger partial charge on any atom is 0.0267 e. The van der Waals surface area contributed by atoms with E-state index in [1.807, 2.05) is 18.2 Å². The van der Waals surface area contributed by atoms with Gasteiger partial charge in [0.05, 0.1) is 0 Å². The minimum absolute atomic E-state index is 0. The van der Waals surface area contributed by atoms with Gasteiger partial charge in [0, 0.05) is 12.4 Å². The van der Waals surface area contributed by atoms with Crippen LogP contribution in [-0.4, -0.2) is 4.98 Å². The minimum atomic E-state index is 0. The van der Waals surface area contributed by atoms with Gasteiger partial charge in [-0.05, 0) is 12.1 Å². The summed E-state index contributed by atoms with van der Waals surface area (Å²) in [7, 11) is 0. The molecule has 0 saturated heterocycles. The third-order valence-electron chi connectivity index (χ3n) is 0.566. The Bertz CT molecular complexity index is 119. The first-order valence-corrected chi connectivity index (χ1v) is 3.85. The van der Waals surface area contributed by atoms with Crippen LogP contribution < -0.4 is 0 Å². The maximum absolute atomic E-state index is 3.78. The van der Waals surface area contributed by atoms with E-state index in [0.717, 1.165) is 0 Å². The molecule has 0 atom stereocenters. The number of hydrogen-bond acceptors (Lipinski definition) is 1. The topological polar surface area (TPSA) is 12.9 Å². The van der Waals surface area contributed by atoms with Gasteiger partial charge in [-0.1, -0.05) is 6.07 Å². The number of pyridine rings is 1. The Labute approximate surface area is 105 Å². The second kappa shape index (κ2) is 80.3. The summed E-state index contributed by atoms with van der Waals surface area (Å²) in [6, 6.07) is 5.72. The highest BCUT2D eigenvalue weighted by molar-refractivity contribution is 8.93. The molecule has 86 valence electrons. The highest BCUT2D eigenvalue weighted by Gasteiger charge is 1.58. The van der Waals surface area contributed by atoms with Crippen molar-refractivity contribution in [1.82, 2.24) is 4.98 Å². The van der Waals surface area contributed by atoms with E-state index < -0.39 is 0 Å². The zero-order chi connectivity index (χ0) is 12.2. The molecule has 0 aliphatic heterocycles. The van der Waals surface area contributed by atoms with Crippen LogP contribution in [0.15, 0.2) is 83.2 Å². The van der Waals surface area contributed by atoms with E-state index in [9.17, 15) is 0 Å². The summed E-state index contributed by atoms with van der Waals surface area (Å²) in [5, 5.41) is 0. The smallest absolute Gasteiger partial charge is 0.0267 e.